The minimum atomic E-state index is 0.0481. The van der Waals surface area contributed by atoms with Crippen LogP contribution in [0.15, 0.2) is 0 Å². The standard InChI is InChI=1S/C16H31N3O/c1-4-19(11-15(20)18(3)14-7-8-14)16(12-17)9-5-6-13(2)10-16/h13-14H,4-12,17H2,1-3H3. The Balaban J connectivity index is 2.02. The quantitative estimate of drug-likeness (QED) is 0.808. The average molecular weight is 281 g/mol. The van der Waals surface area contributed by atoms with Crippen LogP contribution < -0.4 is 5.73 Å². The smallest absolute Gasteiger partial charge is 0.236 e. The van der Waals surface area contributed by atoms with Gasteiger partial charge in [-0.15, -0.1) is 0 Å². The summed E-state index contributed by atoms with van der Waals surface area (Å²) >= 11 is 0. The van der Waals surface area contributed by atoms with E-state index in [1.807, 2.05) is 11.9 Å². The van der Waals surface area contributed by atoms with Gasteiger partial charge in [0.15, 0.2) is 0 Å². The van der Waals surface area contributed by atoms with E-state index in [9.17, 15) is 4.79 Å². The fourth-order valence-electron chi connectivity index (χ4n) is 3.79. The van der Waals surface area contributed by atoms with Gasteiger partial charge in [0.1, 0.15) is 0 Å². The molecular formula is C16H31N3O. The van der Waals surface area contributed by atoms with Gasteiger partial charge in [0.2, 0.25) is 5.91 Å². The van der Waals surface area contributed by atoms with Crippen LogP contribution >= 0.6 is 0 Å². The van der Waals surface area contributed by atoms with E-state index in [0.717, 1.165) is 25.3 Å². The van der Waals surface area contributed by atoms with Crippen LogP contribution in [0, 0.1) is 5.92 Å². The topological polar surface area (TPSA) is 49.6 Å². The zero-order chi connectivity index (χ0) is 14.8. The molecule has 4 nitrogen and oxygen atoms in total. The number of amides is 1. The van der Waals surface area contributed by atoms with Gasteiger partial charge in [-0.3, -0.25) is 9.69 Å². The Labute approximate surface area is 123 Å². The lowest BCUT2D eigenvalue weighted by Gasteiger charge is -2.47. The number of carbonyl (C=O) groups is 1. The Hall–Kier alpha value is -0.610. The van der Waals surface area contributed by atoms with Crippen LogP contribution in [0.4, 0.5) is 0 Å². The molecule has 20 heavy (non-hydrogen) atoms. The molecule has 0 aromatic rings. The maximum atomic E-state index is 12.4. The molecule has 116 valence electrons. The van der Waals surface area contributed by atoms with Gasteiger partial charge in [0.05, 0.1) is 6.54 Å². The molecule has 0 aromatic heterocycles. The van der Waals surface area contributed by atoms with Crippen LogP contribution in [0.25, 0.3) is 0 Å². The van der Waals surface area contributed by atoms with E-state index in [1.165, 1.54) is 25.7 Å². The summed E-state index contributed by atoms with van der Waals surface area (Å²) in [5.41, 5.74) is 6.18. The predicted molar refractivity (Wildman–Crippen MR) is 82.5 cm³/mol. The molecule has 0 aromatic carbocycles. The van der Waals surface area contributed by atoms with Crippen LogP contribution in [0.3, 0.4) is 0 Å². The highest BCUT2D eigenvalue weighted by Gasteiger charge is 2.40. The van der Waals surface area contributed by atoms with Crippen molar-refractivity contribution in [1.29, 1.82) is 0 Å². The summed E-state index contributed by atoms with van der Waals surface area (Å²) < 4.78 is 0. The van der Waals surface area contributed by atoms with E-state index < -0.39 is 0 Å². The van der Waals surface area contributed by atoms with Gasteiger partial charge in [0.25, 0.3) is 0 Å². The molecule has 2 aliphatic carbocycles. The normalized spacial score (nSPS) is 30.6. The van der Waals surface area contributed by atoms with Gasteiger partial charge in [-0.05, 0) is 38.1 Å². The average Bonchev–Trinajstić information content (AvgIpc) is 3.27. The second-order valence-electron chi connectivity index (χ2n) is 6.88. The summed E-state index contributed by atoms with van der Waals surface area (Å²) in [6.07, 6.45) is 7.16. The maximum absolute atomic E-state index is 12.4. The Morgan fingerprint density at radius 1 is 1.35 bits per heavy atom. The second-order valence-corrected chi connectivity index (χ2v) is 6.88. The molecule has 2 fully saturated rings. The molecule has 0 aliphatic heterocycles. The summed E-state index contributed by atoms with van der Waals surface area (Å²) in [4.78, 5) is 16.7. The Morgan fingerprint density at radius 2 is 2.05 bits per heavy atom. The Kier molecular flexibility index (Phi) is 5.08. The molecule has 1 amide bonds. The molecule has 0 radical (unpaired) electrons. The van der Waals surface area contributed by atoms with Crippen molar-refractivity contribution >= 4 is 5.91 Å². The van der Waals surface area contributed by atoms with Crippen molar-refractivity contribution in [3.05, 3.63) is 0 Å². The summed E-state index contributed by atoms with van der Waals surface area (Å²) in [7, 11) is 1.95. The molecule has 4 heteroatoms. The van der Waals surface area contributed by atoms with Crippen molar-refractivity contribution in [2.45, 2.75) is 64.0 Å². The third-order valence-electron chi connectivity index (χ3n) is 5.31. The number of nitrogens with two attached hydrogens (primary N) is 1. The lowest BCUT2D eigenvalue weighted by Crippen LogP contribution is -2.58. The van der Waals surface area contributed by atoms with Gasteiger partial charge in [-0.25, -0.2) is 0 Å². The van der Waals surface area contributed by atoms with Crippen LogP contribution in [-0.2, 0) is 4.79 Å². The fraction of sp³-hybridized carbons (Fsp3) is 0.938. The Morgan fingerprint density at radius 3 is 2.55 bits per heavy atom. The van der Waals surface area contributed by atoms with Gasteiger partial charge >= 0.3 is 0 Å². The molecule has 2 unspecified atom stereocenters. The molecule has 0 spiro atoms. The first-order chi connectivity index (χ1) is 9.52. The van der Waals surface area contributed by atoms with Crippen molar-refractivity contribution in [2.75, 3.05) is 26.7 Å². The Bertz CT molecular complexity index is 343. The van der Waals surface area contributed by atoms with Crippen molar-refractivity contribution in [3.63, 3.8) is 0 Å². The van der Waals surface area contributed by atoms with Gasteiger partial charge < -0.3 is 10.6 Å². The molecule has 0 saturated heterocycles. The van der Waals surface area contributed by atoms with Gasteiger partial charge in [0, 0.05) is 25.2 Å². The first-order valence-corrected chi connectivity index (χ1v) is 8.23. The molecule has 0 heterocycles. The number of hydrogen-bond acceptors (Lipinski definition) is 3. The van der Waals surface area contributed by atoms with E-state index in [0.29, 0.717) is 19.1 Å². The van der Waals surface area contributed by atoms with E-state index in [1.54, 1.807) is 0 Å². The molecule has 0 bridgehead atoms. The lowest BCUT2D eigenvalue weighted by molar-refractivity contribution is -0.133. The van der Waals surface area contributed by atoms with E-state index in [2.05, 4.69) is 18.7 Å². The molecule has 2 atom stereocenters. The zero-order valence-electron chi connectivity index (χ0n) is 13.4. The van der Waals surface area contributed by atoms with E-state index >= 15 is 0 Å². The van der Waals surface area contributed by atoms with Crippen molar-refractivity contribution in [1.82, 2.24) is 9.80 Å². The molecular weight excluding hydrogens is 250 g/mol. The SMILES string of the molecule is CCN(CC(=O)N(C)C1CC1)C1(CN)CCCC(C)C1. The van der Waals surface area contributed by atoms with Crippen molar-refractivity contribution < 1.29 is 4.79 Å². The first kappa shape index (κ1) is 15.8. The van der Waals surface area contributed by atoms with Gasteiger partial charge in [-0.1, -0.05) is 26.7 Å². The van der Waals surface area contributed by atoms with E-state index in [4.69, 9.17) is 5.73 Å². The number of rotatable bonds is 6. The second kappa shape index (κ2) is 6.44. The van der Waals surface area contributed by atoms with Crippen LogP contribution in [-0.4, -0.2) is 54.0 Å². The molecule has 2 N–H and O–H groups in total. The monoisotopic (exact) mass is 281 g/mol. The highest BCUT2D eigenvalue weighted by molar-refractivity contribution is 5.78. The predicted octanol–water partition coefficient (Wildman–Crippen LogP) is 1.84. The minimum absolute atomic E-state index is 0.0481. The number of nitrogens with zero attached hydrogens (tertiary/aromatic N) is 2. The third-order valence-corrected chi connectivity index (χ3v) is 5.31. The highest BCUT2D eigenvalue weighted by atomic mass is 16.2. The third kappa shape index (κ3) is 3.34. The van der Waals surface area contributed by atoms with E-state index in [-0.39, 0.29) is 11.4 Å². The summed E-state index contributed by atoms with van der Waals surface area (Å²) in [5, 5.41) is 0. The largest absolute Gasteiger partial charge is 0.342 e. The van der Waals surface area contributed by atoms with Crippen LogP contribution in [0.5, 0.6) is 0 Å². The first-order valence-electron chi connectivity index (χ1n) is 8.23. The van der Waals surface area contributed by atoms with Gasteiger partial charge in [-0.2, -0.15) is 0 Å². The lowest BCUT2D eigenvalue weighted by atomic mass is 9.75. The fourth-order valence-corrected chi connectivity index (χ4v) is 3.79. The number of carbonyl (C=O) groups excluding carboxylic acids is 1. The number of likely N-dealkylation sites (N-methyl/N-ethyl adjacent to an activating group) is 2. The summed E-state index contributed by atoms with van der Waals surface area (Å²) in [5.74, 6) is 0.984. The van der Waals surface area contributed by atoms with Crippen molar-refractivity contribution in [2.24, 2.45) is 11.7 Å². The van der Waals surface area contributed by atoms with Crippen LogP contribution in [0.2, 0.25) is 0 Å². The maximum Gasteiger partial charge on any atom is 0.236 e. The summed E-state index contributed by atoms with van der Waals surface area (Å²) in [6, 6.07) is 0.500. The highest BCUT2D eigenvalue weighted by Crippen LogP contribution is 2.36. The molecule has 2 aliphatic rings. The summed E-state index contributed by atoms with van der Waals surface area (Å²) in [6.45, 7) is 6.59. The molecule has 2 saturated carbocycles. The van der Waals surface area contributed by atoms with Crippen molar-refractivity contribution in [3.8, 4) is 0 Å². The zero-order valence-corrected chi connectivity index (χ0v) is 13.4. The minimum Gasteiger partial charge on any atom is -0.342 e. The molecule has 2 rings (SSSR count). The number of hydrogen-bond donors (Lipinski definition) is 1. The van der Waals surface area contributed by atoms with Crippen LogP contribution in [0.1, 0.15) is 52.4 Å².